The monoisotopic (exact) mass is 404 g/mol. The molecule has 1 saturated heterocycles. The molecule has 2 aliphatic rings. The number of ketones is 1. The second-order valence-electron chi connectivity index (χ2n) is 9.85. The standard InChI is InChI=1S/C24H36N2O.ClH/c1-6-20(27)17-25-11-13-26(14-12-25)22-10-8-7-9-21(22)19-15-23(2,3)18-24(4,5)16-19;/h7-10,15H,6,11-14,16-18H2,1-5H3;1H. The van der Waals surface area contributed by atoms with Crippen LogP contribution in [0.4, 0.5) is 5.69 Å². The first-order chi connectivity index (χ1) is 12.7. The Labute approximate surface area is 177 Å². The van der Waals surface area contributed by atoms with Crippen LogP contribution in [-0.4, -0.2) is 43.4 Å². The highest BCUT2D eigenvalue weighted by Gasteiger charge is 2.34. The first kappa shape index (κ1) is 23.0. The first-order valence-corrected chi connectivity index (χ1v) is 10.5. The molecule has 4 heteroatoms. The molecule has 1 aliphatic heterocycles. The number of rotatable bonds is 5. The molecule has 0 unspecified atom stereocenters. The van der Waals surface area contributed by atoms with Crippen molar-refractivity contribution >= 4 is 29.5 Å². The van der Waals surface area contributed by atoms with Crippen LogP contribution in [0.1, 0.15) is 59.4 Å². The SMILES string of the molecule is CCC(=O)CN1CCN(c2ccccc2C2=CC(C)(C)CC(C)(C)C2)CC1.Cl. The number of hydrogen-bond acceptors (Lipinski definition) is 3. The molecule has 1 heterocycles. The van der Waals surface area contributed by atoms with Crippen molar-refractivity contribution in [3.63, 3.8) is 0 Å². The molecule has 0 radical (unpaired) electrons. The maximum Gasteiger partial charge on any atom is 0.146 e. The molecule has 1 aliphatic carbocycles. The predicted octanol–water partition coefficient (Wildman–Crippen LogP) is 5.44. The van der Waals surface area contributed by atoms with E-state index in [0.717, 1.165) is 32.6 Å². The zero-order chi connectivity index (χ0) is 19.7. The van der Waals surface area contributed by atoms with Gasteiger partial charge in [-0.2, -0.15) is 0 Å². The lowest BCUT2D eigenvalue weighted by atomic mass is 9.65. The van der Waals surface area contributed by atoms with Crippen molar-refractivity contribution in [1.82, 2.24) is 4.90 Å². The van der Waals surface area contributed by atoms with E-state index in [1.54, 1.807) is 0 Å². The van der Waals surface area contributed by atoms with Crippen LogP contribution in [0.15, 0.2) is 30.3 Å². The minimum absolute atomic E-state index is 0. The Morgan fingerprint density at radius 3 is 2.29 bits per heavy atom. The lowest BCUT2D eigenvalue weighted by Gasteiger charge is -2.41. The van der Waals surface area contributed by atoms with Gasteiger partial charge in [0.25, 0.3) is 0 Å². The van der Waals surface area contributed by atoms with Crippen molar-refractivity contribution in [1.29, 1.82) is 0 Å². The summed E-state index contributed by atoms with van der Waals surface area (Å²) in [4.78, 5) is 16.6. The molecule has 0 saturated carbocycles. The van der Waals surface area contributed by atoms with Gasteiger partial charge in [0.15, 0.2) is 0 Å². The molecule has 0 N–H and O–H groups in total. The third kappa shape index (κ3) is 5.61. The van der Waals surface area contributed by atoms with E-state index in [-0.39, 0.29) is 17.8 Å². The topological polar surface area (TPSA) is 23.6 Å². The quantitative estimate of drug-likeness (QED) is 0.652. The van der Waals surface area contributed by atoms with Gasteiger partial charge < -0.3 is 4.90 Å². The first-order valence-electron chi connectivity index (χ1n) is 10.5. The van der Waals surface area contributed by atoms with Crippen LogP contribution in [0.2, 0.25) is 0 Å². The molecule has 3 rings (SSSR count). The zero-order valence-corrected chi connectivity index (χ0v) is 19.1. The Balaban J connectivity index is 0.00000280. The molecule has 0 amide bonds. The van der Waals surface area contributed by atoms with Crippen molar-refractivity contribution in [3.8, 4) is 0 Å². The van der Waals surface area contributed by atoms with E-state index in [1.807, 2.05) is 6.92 Å². The Bertz CT molecular complexity index is 715. The van der Waals surface area contributed by atoms with Gasteiger partial charge in [-0.15, -0.1) is 12.4 Å². The van der Waals surface area contributed by atoms with Gasteiger partial charge in [-0.25, -0.2) is 0 Å². The van der Waals surface area contributed by atoms with Crippen LogP contribution in [0, 0.1) is 10.8 Å². The van der Waals surface area contributed by atoms with Crippen molar-refractivity contribution in [2.45, 2.75) is 53.9 Å². The molecule has 1 aromatic rings. The van der Waals surface area contributed by atoms with Crippen molar-refractivity contribution in [2.24, 2.45) is 10.8 Å². The van der Waals surface area contributed by atoms with E-state index in [1.165, 1.54) is 23.2 Å². The summed E-state index contributed by atoms with van der Waals surface area (Å²) in [5.74, 6) is 0.348. The Kier molecular flexibility index (Phi) is 7.38. The number of halogens is 1. The summed E-state index contributed by atoms with van der Waals surface area (Å²) < 4.78 is 0. The average molecular weight is 405 g/mol. The second kappa shape index (κ2) is 9.00. The van der Waals surface area contributed by atoms with Gasteiger partial charge in [0.2, 0.25) is 0 Å². The van der Waals surface area contributed by atoms with E-state index in [4.69, 9.17) is 0 Å². The summed E-state index contributed by atoms with van der Waals surface area (Å²) in [6.45, 7) is 16.0. The molecule has 3 nitrogen and oxygen atoms in total. The number of hydrogen-bond donors (Lipinski definition) is 0. The summed E-state index contributed by atoms with van der Waals surface area (Å²) in [6.07, 6.45) is 5.52. The van der Waals surface area contributed by atoms with E-state index in [2.05, 4.69) is 67.8 Å². The third-order valence-electron chi connectivity index (χ3n) is 5.93. The highest BCUT2D eigenvalue weighted by atomic mass is 35.5. The number of allylic oxidation sites excluding steroid dienone is 2. The van der Waals surface area contributed by atoms with Crippen molar-refractivity contribution in [3.05, 3.63) is 35.9 Å². The second-order valence-corrected chi connectivity index (χ2v) is 9.85. The summed E-state index contributed by atoms with van der Waals surface area (Å²) >= 11 is 0. The third-order valence-corrected chi connectivity index (χ3v) is 5.93. The van der Waals surface area contributed by atoms with Crippen LogP contribution in [0.25, 0.3) is 5.57 Å². The van der Waals surface area contributed by atoms with Gasteiger partial charge in [-0.05, 0) is 35.3 Å². The fourth-order valence-electron chi connectivity index (χ4n) is 5.09. The van der Waals surface area contributed by atoms with Gasteiger partial charge in [0.1, 0.15) is 5.78 Å². The molecular weight excluding hydrogens is 368 g/mol. The molecule has 1 aromatic carbocycles. The minimum atomic E-state index is 0. The van der Waals surface area contributed by atoms with Gasteiger partial charge in [0.05, 0.1) is 6.54 Å². The number of carbonyl (C=O) groups is 1. The summed E-state index contributed by atoms with van der Waals surface area (Å²) in [6, 6.07) is 8.90. The summed E-state index contributed by atoms with van der Waals surface area (Å²) in [5, 5.41) is 0. The highest BCUT2D eigenvalue weighted by Crippen LogP contribution is 2.48. The molecule has 28 heavy (non-hydrogen) atoms. The van der Waals surface area contributed by atoms with E-state index in [9.17, 15) is 4.79 Å². The van der Waals surface area contributed by atoms with Crippen LogP contribution < -0.4 is 4.90 Å². The average Bonchev–Trinajstić information content (AvgIpc) is 2.59. The van der Waals surface area contributed by atoms with Crippen LogP contribution >= 0.6 is 12.4 Å². The minimum Gasteiger partial charge on any atom is -0.368 e. The summed E-state index contributed by atoms with van der Waals surface area (Å²) in [5.41, 5.74) is 4.83. The van der Waals surface area contributed by atoms with Gasteiger partial charge >= 0.3 is 0 Å². The number of benzene rings is 1. The number of anilines is 1. The van der Waals surface area contributed by atoms with E-state index in [0.29, 0.717) is 24.2 Å². The van der Waals surface area contributed by atoms with Crippen molar-refractivity contribution in [2.75, 3.05) is 37.6 Å². The normalized spacial score (nSPS) is 21.6. The van der Waals surface area contributed by atoms with Crippen LogP contribution in [0.3, 0.4) is 0 Å². The summed E-state index contributed by atoms with van der Waals surface area (Å²) in [7, 11) is 0. The Morgan fingerprint density at radius 2 is 1.68 bits per heavy atom. The number of nitrogens with zero attached hydrogens (tertiary/aromatic N) is 2. The zero-order valence-electron chi connectivity index (χ0n) is 18.3. The van der Waals surface area contributed by atoms with Gasteiger partial charge in [0, 0.05) is 43.9 Å². The van der Waals surface area contributed by atoms with Crippen LogP contribution in [-0.2, 0) is 4.79 Å². The fourth-order valence-corrected chi connectivity index (χ4v) is 5.09. The molecule has 0 spiro atoms. The molecule has 0 aromatic heterocycles. The number of piperazine rings is 1. The number of Topliss-reactive ketones (excluding diaryl/α,β-unsaturated/α-hetero) is 1. The van der Waals surface area contributed by atoms with Gasteiger partial charge in [-0.1, -0.05) is 58.9 Å². The Morgan fingerprint density at radius 1 is 1.04 bits per heavy atom. The molecular formula is C24H37ClN2O. The maximum absolute atomic E-state index is 11.8. The largest absolute Gasteiger partial charge is 0.368 e. The fraction of sp³-hybridized carbons (Fsp3) is 0.625. The smallest absolute Gasteiger partial charge is 0.146 e. The lowest BCUT2D eigenvalue weighted by molar-refractivity contribution is -0.119. The van der Waals surface area contributed by atoms with Crippen LogP contribution in [0.5, 0.6) is 0 Å². The van der Waals surface area contributed by atoms with Gasteiger partial charge in [-0.3, -0.25) is 9.69 Å². The molecule has 0 atom stereocenters. The number of para-hydroxylation sites is 1. The highest BCUT2D eigenvalue weighted by molar-refractivity contribution is 5.85. The molecule has 1 fully saturated rings. The lowest BCUT2D eigenvalue weighted by Crippen LogP contribution is -2.48. The maximum atomic E-state index is 11.8. The number of carbonyl (C=O) groups excluding carboxylic acids is 1. The van der Waals surface area contributed by atoms with Crippen molar-refractivity contribution < 1.29 is 4.79 Å². The molecule has 156 valence electrons. The van der Waals surface area contributed by atoms with E-state index >= 15 is 0 Å². The Hall–Kier alpha value is -1.32. The predicted molar refractivity (Wildman–Crippen MR) is 122 cm³/mol. The molecule has 0 bridgehead atoms. The van der Waals surface area contributed by atoms with E-state index < -0.39 is 0 Å².